The Kier molecular flexibility index (Phi) is 3.52. The monoisotopic (exact) mass is 290 g/mol. The topological polar surface area (TPSA) is 53.0 Å². The second kappa shape index (κ2) is 5.46. The number of aromatic nitrogens is 2. The van der Waals surface area contributed by atoms with E-state index in [0.717, 1.165) is 21.0 Å². The molecular formula is C13H10N2O2S2. The van der Waals surface area contributed by atoms with E-state index in [-0.39, 0.29) is 0 Å². The maximum Gasteiger partial charge on any atom is 0.251 e. The number of pyridine rings is 1. The van der Waals surface area contributed by atoms with Crippen molar-refractivity contribution in [3.8, 4) is 10.6 Å². The predicted molar refractivity (Wildman–Crippen MR) is 74.8 cm³/mol. The van der Waals surface area contributed by atoms with Crippen molar-refractivity contribution < 1.29 is 9.15 Å². The van der Waals surface area contributed by atoms with Gasteiger partial charge in [-0.05, 0) is 23.9 Å². The Morgan fingerprint density at radius 2 is 2.32 bits per heavy atom. The highest BCUT2D eigenvalue weighted by Gasteiger charge is 2.09. The van der Waals surface area contributed by atoms with E-state index >= 15 is 0 Å². The molecular weight excluding hydrogens is 280 g/mol. The van der Waals surface area contributed by atoms with Crippen LogP contribution < -0.4 is 4.73 Å². The minimum Gasteiger partial charge on any atom is -0.618 e. The molecule has 3 aromatic heterocycles. The van der Waals surface area contributed by atoms with Gasteiger partial charge in [0.2, 0.25) is 0 Å². The van der Waals surface area contributed by atoms with Gasteiger partial charge < -0.3 is 9.62 Å². The van der Waals surface area contributed by atoms with Crippen molar-refractivity contribution in [3.63, 3.8) is 0 Å². The van der Waals surface area contributed by atoms with Crippen LogP contribution in [-0.2, 0) is 5.75 Å². The van der Waals surface area contributed by atoms with E-state index in [1.165, 1.54) is 18.0 Å². The van der Waals surface area contributed by atoms with Crippen LogP contribution in [0.2, 0.25) is 0 Å². The molecule has 96 valence electrons. The maximum absolute atomic E-state index is 11.5. The lowest BCUT2D eigenvalue weighted by Crippen LogP contribution is -2.27. The number of hydrogen-bond donors (Lipinski definition) is 0. The van der Waals surface area contributed by atoms with Crippen LogP contribution in [0, 0.1) is 5.21 Å². The van der Waals surface area contributed by atoms with Gasteiger partial charge in [-0.1, -0.05) is 0 Å². The molecule has 0 saturated heterocycles. The third kappa shape index (κ3) is 2.80. The standard InChI is InChI=1S/C13H10N2O2S2/c16-15-5-2-1-3-12(15)18-8-11-9-19-13(14-11)10-4-6-17-7-10/h1-7,9H,8H2. The van der Waals surface area contributed by atoms with Crippen molar-refractivity contribution in [2.24, 2.45) is 0 Å². The van der Waals surface area contributed by atoms with Gasteiger partial charge in [-0.2, -0.15) is 4.73 Å². The number of thiazole rings is 1. The number of hydrogen-bond acceptors (Lipinski definition) is 5. The van der Waals surface area contributed by atoms with E-state index in [1.807, 2.05) is 17.5 Å². The van der Waals surface area contributed by atoms with E-state index < -0.39 is 0 Å². The lowest BCUT2D eigenvalue weighted by Gasteiger charge is -2.01. The van der Waals surface area contributed by atoms with Crippen LogP contribution in [-0.4, -0.2) is 4.98 Å². The Balaban J connectivity index is 1.70. The molecule has 6 heteroatoms. The lowest BCUT2D eigenvalue weighted by atomic mass is 10.4. The van der Waals surface area contributed by atoms with E-state index in [2.05, 4.69) is 4.98 Å². The van der Waals surface area contributed by atoms with Gasteiger partial charge in [0.1, 0.15) is 11.3 Å². The van der Waals surface area contributed by atoms with Gasteiger partial charge >= 0.3 is 0 Å². The third-order valence-corrected chi connectivity index (χ3v) is 4.47. The molecule has 0 atom stereocenters. The quantitative estimate of drug-likeness (QED) is 0.420. The minimum atomic E-state index is 0.681. The lowest BCUT2D eigenvalue weighted by molar-refractivity contribution is -0.645. The molecule has 4 nitrogen and oxygen atoms in total. The van der Waals surface area contributed by atoms with Gasteiger partial charge in [0.05, 0.1) is 12.0 Å². The summed E-state index contributed by atoms with van der Waals surface area (Å²) < 4.78 is 5.91. The fourth-order valence-electron chi connectivity index (χ4n) is 1.56. The first-order valence-electron chi connectivity index (χ1n) is 5.61. The summed E-state index contributed by atoms with van der Waals surface area (Å²) in [5.74, 6) is 0.681. The molecule has 0 spiro atoms. The fraction of sp³-hybridized carbons (Fsp3) is 0.0769. The zero-order valence-corrected chi connectivity index (χ0v) is 11.5. The molecule has 0 fully saturated rings. The summed E-state index contributed by atoms with van der Waals surface area (Å²) in [5.41, 5.74) is 1.95. The normalized spacial score (nSPS) is 10.7. The van der Waals surface area contributed by atoms with Crippen LogP contribution in [0.4, 0.5) is 0 Å². The Morgan fingerprint density at radius 3 is 3.11 bits per heavy atom. The summed E-state index contributed by atoms with van der Waals surface area (Å²) >= 11 is 3.06. The molecule has 0 bridgehead atoms. The average Bonchev–Trinajstić information content (AvgIpc) is 3.09. The molecule has 3 rings (SSSR count). The molecule has 0 amide bonds. The highest BCUT2D eigenvalue weighted by atomic mass is 32.2. The molecule has 3 heterocycles. The van der Waals surface area contributed by atoms with E-state index in [4.69, 9.17) is 4.42 Å². The van der Waals surface area contributed by atoms with Crippen molar-refractivity contribution in [2.45, 2.75) is 10.8 Å². The molecule has 3 aromatic rings. The first kappa shape index (κ1) is 12.3. The summed E-state index contributed by atoms with van der Waals surface area (Å²) in [4.78, 5) is 4.52. The van der Waals surface area contributed by atoms with Crippen molar-refractivity contribution in [2.75, 3.05) is 0 Å². The summed E-state index contributed by atoms with van der Waals surface area (Å²) in [6.07, 6.45) is 4.81. The highest BCUT2D eigenvalue weighted by Crippen LogP contribution is 2.27. The third-order valence-electron chi connectivity index (χ3n) is 2.48. The SMILES string of the molecule is [O-][n+]1ccccc1SCc1csc(-c2ccoc2)n1. The second-order valence-corrected chi connectivity index (χ2v) is 5.66. The van der Waals surface area contributed by atoms with E-state index in [9.17, 15) is 5.21 Å². The highest BCUT2D eigenvalue weighted by molar-refractivity contribution is 7.98. The number of rotatable bonds is 4. The van der Waals surface area contributed by atoms with Crippen LogP contribution in [0.3, 0.4) is 0 Å². The van der Waals surface area contributed by atoms with Crippen LogP contribution in [0.15, 0.2) is 57.8 Å². The summed E-state index contributed by atoms with van der Waals surface area (Å²) in [6, 6.07) is 7.27. The Morgan fingerprint density at radius 1 is 1.37 bits per heavy atom. The predicted octanol–water partition coefficient (Wildman–Crippen LogP) is 3.33. The smallest absolute Gasteiger partial charge is 0.251 e. The largest absolute Gasteiger partial charge is 0.618 e. The Bertz CT molecular complexity index is 665. The molecule has 0 aliphatic carbocycles. The van der Waals surface area contributed by atoms with Gasteiger partial charge in [0.25, 0.3) is 5.03 Å². The number of nitrogens with zero attached hydrogens (tertiary/aromatic N) is 2. The zero-order chi connectivity index (χ0) is 13.1. The maximum atomic E-state index is 11.5. The van der Waals surface area contributed by atoms with Crippen molar-refractivity contribution in [1.29, 1.82) is 0 Å². The van der Waals surface area contributed by atoms with Crippen LogP contribution in [0.25, 0.3) is 10.6 Å². The van der Waals surface area contributed by atoms with E-state index in [0.29, 0.717) is 10.8 Å². The van der Waals surface area contributed by atoms with Gasteiger partial charge in [0, 0.05) is 28.8 Å². The number of furan rings is 1. The second-order valence-electron chi connectivity index (χ2n) is 3.81. The van der Waals surface area contributed by atoms with Crippen LogP contribution in [0.1, 0.15) is 5.69 Å². The Labute approximate surface area is 118 Å². The van der Waals surface area contributed by atoms with Crippen LogP contribution >= 0.6 is 23.1 Å². The van der Waals surface area contributed by atoms with Gasteiger partial charge in [0.15, 0.2) is 6.20 Å². The van der Waals surface area contributed by atoms with Crippen molar-refractivity contribution >= 4 is 23.1 Å². The van der Waals surface area contributed by atoms with Gasteiger partial charge in [-0.15, -0.1) is 11.3 Å². The Hall–Kier alpha value is -1.79. The van der Waals surface area contributed by atoms with E-state index in [1.54, 1.807) is 36.0 Å². The summed E-state index contributed by atoms with van der Waals surface area (Å²) in [7, 11) is 0. The first-order valence-corrected chi connectivity index (χ1v) is 7.47. The van der Waals surface area contributed by atoms with Gasteiger partial charge in [-0.25, -0.2) is 4.98 Å². The molecule has 0 aliphatic rings. The summed E-state index contributed by atoms with van der Waals surface area (Å²) in [6.45, 7) is 0. The molecule has 0 aliphatic heterocycles. The fourth-order valence-corrected chi connectivity index (χ4v) is 3.28. The number of thioether (sulfide) groups is 1. The molecule has 0 aromatic carbocycles. The van der Waals surface area contributed by atoms with Crippen molar-refractivity contribution in [1.82, 2.24) is 4.98 Å². The average molecular weight is 290 g/mol. The van der Waals surface area contributed by atoms with Crippen molar-refractivity contribution in [3.05, 3.63) is 59.3 Å². The molecule has 0 N–H and O–H groups in total. The van der Waals surface area contributed by atoms with Crippen LogP contribution in [0.5, 0.6) is 0 Å². The summed E-state index contributed by atoms with van der Waals surface area (Å²) in [5, 5.41) is 15.1. The molecule has 0 unspecified atom stereocenters. The molecule has 19 heavy (non-hydrogen) atoms. The molecule has 0 radical (unpaired) electrons. The van der Waals surface area contributed by atoms with Gasteiger partial charge in [-0.3, -0.25) is 0 Å². The minimum absolute atomic E-state index is 0.681. The first-order chi connectivity index (χ1) is 9.33. The zero-order valence-electron chi connectivity index (χ0n) is 9.85. The molecule has 0 saturated carbocycles.